The van der Waals surface area contributed by atoms with Gasteiger partial charge in [-0.3, -0.25) is 14.4 Å². The topological polar surface area (TPSA) is 117 Å². The fraction of sp³-hybridized carbons (Fsp3) is 0.500. The number of ether oxygens (including phenoxy) is 2. The zero-order valence-corrected chi connectivity index (χ0v) is 24.1. The second-order valence-electron chi connectivity index (χ2n) is 10.9. The fourth-order valence-corrected chi connectivity index (χ4v) is 9.12. The van der Waals surface area contributed by atoms with E-state index in [9.17, 15) is 19.5 Å². The average molecular weight is 568 g/mol. The molecule has 2 bridgehead atoms. The van der Waals surface area contributed by atoms with Crippen molar-refractivity contribution < 1.29 is 29.0 Å². The zero-order valence-electron chi connectivity index (χ0n) is 23.3. The fourth-order valence-electron chi connectivity index (χ4n) is 6.78. The first-order valence-corrected chi connectivity index (χ1v) is 14.6. The van der Waals surface area contributed by atoms with Crippen LogP contribution in [0.3, 0.4) is 0 Å². The summed E-state index contributed by atoms with van der Waals surface area (Å²) in [6.07, 6.45) is 1.83. The van der Waals surface area contributed by atoms with Crippen molar-refractivity contribution in [3.8, 4) is 11.5 Å². The molecule has 3 aliphatic heterocycles. The molecule has 0 aliphatic carbocycles. The molecular weight excluding hydrogens is 530 g/mol. The monoisotopic (exact) mass is 567 g/mol. The van der Waals surface area contributed by atoms with Crippen molar-refractivity contribution in [3.05, 3.63) is 48.5 Å². The van der Waals surface area contributed by atoms with Crippen LogP contribution in [0, 0.1) is 11.8 Å². The van der Waals surface area contributed by atoms with E-state index in [1.807, 2.05) is 20.8 Å². The lowest BCUT2D eigenvalue weighted by atomic mass is 9.66. The molecule has 3 fully saturated rings. The predicted molar refractivity (Wildman–Crippen MR) is 155 cm³/mol. The number of nitrogens with zero attached hydrogens (tertiary/aromatic N) is 1. The summed E-state index contributed by atoms with van der Waals surface area (Å²) in [5, 5.41) is 16.2. The average Bonchev–Trinajstić information content (AvgIpc) is 3.52. The molecule has 0 radical (unpaired) electrons. The Morgan fingerprint density at radius 1 is 1.02 bits per heavy atom. The minimum absolute atomic E-state index is 0.229. The predicted octanol–water partition coefficient (Wildman–Crippen LogP) is 3.92. The number of hydrogen-bond donors (Lipinski definition) is 3. The Morgan fingerprint density at radius 3 is 2.17 bits per heavy atom. The molecule has 40 heavy (non-hydrogen) atoms. The molecule has 3 N–H and O–H groups in total. The molecule has 1 spiro atoms. The quantitative estimate of drug-likeness (QED) is 0.398. The van der Waals surface area contributed by atoms with E-state index in [2.05, 4.69) is 10.6 Å². The molecular formula is C30H37N3O6S. The number of rotatable bonds is 10. The number of likely N-dealkylation sites (tertiary alicyclic amines) is 1. The molecule has 2 unspecified atom stereocenters. The van der Waals surface area contributed by atoms with Crippen LogP contribution in [0.2, 0.25) is 0 Å². The number of carbonyl (C=O) groups excluding carboxylic acids is 3. The number of aliphatic hydroxyl groups excluding tert-OH is 1. The smallest absolute Gasteiger partial charge is 0.248 e. The van der Waals surface area contributed by atoms with Crippen molar-refractivity contribution in [1.82, 2.24) is 4.90 Å². The lowest BCUT2D eigenvalue weighted by molar-refractivity contribution is -0.141. The van der Waals surface area contributed by atoms with Gasteiger partial charge in [0.25, 0.3) is 0 Å². The van der Waals surface area contributed by atoms with Gasteiger partial charge in [0.1, 0.15) is 17.5 Å². The molecule has 3 saturated heterocycles. The van der Waals surface area contributed by atoms with Crippen LogP contribution in [0.25, 0.3) is 0 Å². The maximum Gasteiger partial charge on any atom is 0.248 e. The van der Waals surface area contributed by atoms with E-state index < -0.39 is 33.4 Å². The lowest BCUT2D eigenvalue weighted by Gasteiger charge is -2.36. The first-order chi connectivity index (χ1) is 19.2. The van der Waals surface area contributed by atoms with Crippen LogP contribution in [-0.4, -0.2) is 69.6 Å². The highest BCUT2D eigenvalue weighted by Gasteiger charge is 2.77. The van der Waals surface area contributed by atoms with Crippen LogP contribution in [0.5, 0.6) is 11.5 Å². The standard InChI is InChI=1S/C30H37N3O6S/c1-5-20(17-34)33-25(27(36)32-19-7-11-21(38-4)12-8-19)30-16-15-29(3,40-30)23(24(30)28(33)37)26(35)31-18-9-13-22(14-10-18)39-6-2/h7-14,20,23-25,34H,5-6,15-17H2,1-4H3,(H,31,35)(H,32,36)/t20-,23+,24-,25?,29-,30?/m0/s1. The molecule has 6 atom stereocenters. The minimum Gasteiger partial charge on any atom is -0.497 e. The van der Waals surface area contributed by atoms with Gasteiger partial charge in [-0.2, -0.15) is 0 Å². The van der Waals surface area contributed by atoms with E-state index in [-0.39, 0.29) is 24.3 Å². The molecule has 5 rings (SSSR count). The normalized spacial score (nSPS) is 29.2. The third kappa shape index (κ3) is 4.60. The van der Waals surface area contributed by atoms with Crippen LogP contribution in [0.1, 0.15) is 40.0 Å². The molecule has 2 aromatic rings. The molecule has 0 aromatic heterocycles. The van der Waals surface area contributed by atoms with Gasteiger partial charge in [0.2, 0.25) is 17.7 Å². The number of fused-ring (bicyclic) bond motifs is 1. The van der Waals surface area contributed by atoms with Crippen molar-refractivity contribution >= 4 is 40.9 Å². The number of benzene rings is 2. The van der Waals surface area contributed by atoms with E-state index in [1.54, 1.807) is 72.3 Å². The minimum atomic E-state index is -0.820. The van der Waals surface area contributed by atoms with Gasteiger partial charge in [0.15, 0.2) is 0 Å². The van der Waals surface area contributed by atoms with Crippen LogP contribution >= 0.6 is 11.8 Å². The van der Waals surface area contributed by atoms with Gasteiger partial charge in [-0.15, -0.1) is 11.8 Å². The Balaban J connectivity index is 1.47. The zero-order chi connectivity index (χ0) is 28.7. The van der Waals surface area contributed by atoms with E-state index >= 15 is 0 Å². The Morgan fingerprint density at radius 2 is 1.62 bits per heavy atom. The van der Waals surface area contributed by atoms with E-state index in [1.165, 1.54) is 0 Å². The summed E-state index contributed by atoms with van der Waals surface area (Å²) in [5.41, 5.74) is 1.21. The van der Waals surface area contributed by atoms with Crippen LogP contribution < -0.4 is 20.1 Å². The first kappa shape index (κ1) is 28.3. The van der Waals surface area contributed by atoms with E-state index in [0.29, 0.717) is 48.7 Å². The largest absolute Gasteiger partial charge is 0.497 e. The summed E-state index contributed by atoms with van der Waals surface area (Å²) < 4.78 is 9.46. The molecule has 3 amide bonds. The number of hydrogen-bond acceptors (Lipinski definition) is 7. The number of carbonyl (C=O) groups is 3. The number of amides is 3. The summed E-state index contributed by atoms with van der Waals surface area (Å²) in [6, 6.07) is 12.8. The number of anilines is 2. The Kier molecular flexibility index (Phi) is 7.76. The highest BCUT2D eigenvalue weighted by molar-refractivity contribution is 8.02. The van der Waals surface area contributed by atoms with Crippen molar-refractivity contribution in [2.75, 3.05) is 31.0 Å². The van der Waals surface area contributed by atoms with Gasteiger partial charge in [-0.1, -0.05) is 6.92 Å². The maximum absolute atomic E-state index is 14.2. The molecule has 9 nitrogen and oxygen atoms in total. The molecule has 3 heterocycles. The summed E-state index contributed by atoms with van der Waals surface area (Å²) >= 11 is 1.60. The third-order valence-electron chi connectivity index (χ3n) is 8.61. The number of thioether (sulfide) groups is 1. The van der Waals surface area contributed by atoms with Gasteiger partial charge >= 0.3 is 0 Å². The van der Waals surface area contributed by atoms with Gasteiger partial charge in [-0.05, 0) is 81.6 Å². The highest BCUT2D eigenvalue weighted by Crippen LogP contribution is 2.71. The Labute approximate surface area is 239 Å². The van der Waals surface area contributed by atoms with Crippen molar-refractivity contribution in [3.63, 3.8) is 0 Å². The van der Waals surface area contributed by atoms with Gasteiger partial charge in [0.05, 0.1) is 42.9 Å². The van der Waals surface area contributed by atoms with Crippen molar-refractivity contribution in [2.45, 2.75) is 61.6 Å². The highest BCUT2D eigenvalue weighted by atomic mass is 32.2. The van der Waals surface area contributed by atoms with Gasteiger partial charge in [0, 0.05) is 16.1 Å². The van der Waals surface area contributed by atoms with Crippen molar-refractivity contribution in [1.29, 1.82) is 0 Å². The molecule has 2 aromatic carbocycles. The van der Waals surface area contributed by atoms with Crippen LogP contribution in [0.4, 0.5) is 11.4 Å². The summed E-state index contributed by atoms with van der Waals surface area (Å²) in [7, 11) is 1.57. The molecule has 0 saturated carbocycles. The SMILES string of the molecule is CCOc1ccc(NC(=O)[C@H]2[C@H]3C(=O)N([C@@H](CC)CO)C(C(=O)Nc4ccc(OC)cc4)C34CC[C@]2(C)S4)cc1. The molecule has 3 aliphatic rings. The third-order valence-corrected chi connectivity index (χ3v) is 10.6. The van der Waals surface area contributed by atoms with Gasteiger partial charge in [-0.25, -0.2) is 0 Å². The van der Waals surface area contributed by atoms with E-state index in [4.69, 9.17) is 9.47 Å². The first-order valence-electron chi connectivity index (χ1n) is 13.8. The number of methoxy groups -OCH3 is 1. The van der Waals surface area contributed by atoms with E-state index in [0.717, 1.165) is 0 Å². The van der Waals surface area contributed by atoms with Crippen molar-refractivity contribution in [2.24, 2.45) is 11.8 Å². The number of aliphatic hydroxyl groups is 1. The van der Waals surface area contributed by atoms with Crippen LogP contribution in [0.15, 0.2) is 48.5 Å². The Hall–Kier alpha value is -3.24. The second kappa shape index (κ2) is 11.0. The lowest BCUT2D eigenvalue weighted by Crippen LogP contribution is -2.54. The maximum atomic E-state index is 14.2. The summed E-state index contributed by atoms with van der Waals surface area (Å²) in [6.45, 7) is 6.12. The Bertz CT molecular complexity index is 1270. The summed E-state index contributed by atoms with van der Waals surface area (Å²) in [5.74, 6) is -0.694. The second-order valence-corrected chi connectivity index (χ2v) is 12.8. The number of nitrogens with one attached hydrogen (secondary N) is 2. The van der Waals surface area contributed by atoms with Gasteiger partial charge < -0.3 is 30.1 Å². The molecule has 214 valence electrons. The summed E-state index contributed by atoms with van der Waals surface area (Å²) in [4.78, 5) is 43.6. The molecule has 10 heteroatoms. The van der Waals surface area contributed by atoms with Crippen LogP contribution in [-0.2, 0) is 14.4 Å².